The average molecular weight is 255 g/mol. The van der Waals surface area contributed by atoms with E-state index in [0.29, 0.717) is 6.61 Å². The van der Waals surface area contributed by atoms with E-state index in [1.165, 1.54) is 11.1 Å². The average Bonchev–Trinajstić information content (AvgIpc) is 2.47. The lowest BCUT2D eigenvalue weighted by Crippen LogP contribution is -2.02. The Bertz CT molecular complexity index is 505. The molecule has 0 aliphatic heterocycles. The normalized spacial score (nSPS) is 10.2. The predicted octanol–water partition coefficient (Wildman–Crippen LogP) is 4.26. The number of nitrogens with one attached hydrogen (secondary N) is 1. The van der Waals surface area contributed by atoms with Gasteiger partial charge in [-0.05, 0) is 48.7 Å². The number of hydrogen-bond acceptors (Lipinski definition) is 2. The summed E-state index contributed by atoms with van der Waals surface area (Å²) in [5.41, 5.74) is 3.88. The number of hydrogen-bond donors (Lipinski definition) is 1. The molecule has 0 spiro atoms. The Morgan fingerprint density at radius 3 is 2.21 bits per heavy atom. The van der Waals surface area contributed by atoms with Gasteiger partial charge in [0.2, 0.25) is 0 Å². The third kappa shape index (κ3) is 3.75. The van der Waals surface area contributed by atoms with Crippen molar-refractivity contribution in [3.05, 3.63) is 59.7 Å². The summed E-state index contributed by atoms with van der Waals surface area (Å²) in [5, 5.41) is 3.45. The highest BCUT2D eigenvalue weighted by molar-refractivity contribution is 5.47. The van der Waals surface area contributed by atoms with Gasteiger partial charge in [0.1, 0.15) is 5.75 Å². The zero-order valence-electron chi connectivity index (χ0n) is 11.6. The van der Waals surface area contributed by atoms with E-state index in [2.05, 4.69) is 48.6 Å². The largest absolute Gasteiger partial charge is 0.494 e. The molecule has 2 rings (SSSR count). The van der Waals surface area contributed by atoms with Crippen LogP contribution in [0.4, 0.5) is 5.69 Å². The molecule has 0 saturated carbocycles. The van der Waals surface area contributed by atoms with Gasteiger partial charge in [-0.3, -0.25) is 0 Å². The van der Waals surface area contributed by atoms with E-state index >= 15 is 0 Å². The Kier molecular flexibility index (Phi) is 4.85. The Labute approximate surface area is 115 Å². The van der Waals surface area contributed by atoms with Crippen LogP contribution in [0.2, 0.25) is 0 Å². The van der Waals surface area contributed by atoms with Crippen LogP contribution in [0.25, 0.3) is 0 Å². The van der Waals surface area contributed by atoms with Crippen LogP contribution in [0, 0.1) is 0 Å². The summed E-state index contributed by atoms with van der Waals surface area (Å²) in [7, 11) is 0. The molecule has 2 aromatic carbocycles. The second-order valence-electron chi connectivity index (χ2n) is 4.43. The molecular weight excluding hydrogens is 234 g/mol. The van der Waals surface area contributed by atoms with Crippen molar-refractivity contribution in [1.82, 2.24) is 0 Å². The lowest BCUT2D eigenvalue weighted by molar-refractivity contribution is 0.340. The first-order valence-electron chi connectivity index (χ1n) is 6.87. The molecule has 2 nitrogen and oxygen atoms in total. The molecule has 100 valence electrons. The quantitative estimate of drug-likeness (QED) is 0.832. The molecule has 0 aromatic heterocycles. The number of aryl methyl sites for hydroxylation is 1. The monoisotopic (exact) mass is 255 g/mol. The van der Waals surface area contributed by atoms with Gasteiger partial charge in [-0.1, -0.05) is 31.2 Å². The van der Waals surface area contributed by atoms with Gasteiger partial charge in [-0.2, -0.15) is 0 Å². The minimum absolute atomic E-state index is 0.705. The van der Waals surface area contributed by atoms with Crippen molar-refractivity contribution < 1.29 is 4.74 Å². The maximum absolute atomic E-state index is 5.43. The van der Waals surface area contributed by atoms with Crippen LogP contribution in [-0.4, -0.2) is 6.61 Å². The number of benzene rings is 2. The van der Waals surface area contributed by atoms with Crippen LogP contribution in [0.1, 0.15) is 25.0 Å². The molecule has 0 heterocycles. The first kappa shape index (κ1) is 13.5. The van der Waals surface area contributed by atoms with Gasteiger partial charge in [-0.15, -0.1) is 0 Å². The molecule has 0 aliphatic rings. The zero-order chi connectivity index (χ0) is 13.5. The summed E-state index contributed by atoms with van der Waals surface area (Å²) in [5.74, 6) is 0.919. The topological polar surface area (TPSA) is 21.3 Å². The minimum atomic E-state index is 0.705. The highest BCUT2D eigenvalue weighted by Crippen LogP contribution is 2.17. The second kappa shape index (κ2) is 6.83. The summed E-state index contributed by atoms with van der Waals surface area (Å²) >= 11 is 0. The number of rotatable bonds is 6. The van der Waals surface area contributed by atoms with Crippen LogP contribution < -0.4 is 10.1 Å². The van der Waals surface area contributed by atoms with Crippen LogP contribution in [0.5, 0.6) is 5.75 Å². The third-order valence-corrected chi connectivity index (χ3v) is 3.15. The maximum Gasteiger partial charge on any atom is 0.119 e. The van der Waals surface area contributed by atoms with Gasteiger partial charge in [0.05, 0.1) is 6.61 Å². The molecule has 0 radical (unpaired) electrons. The Balaban J connectivity index is 1.98. The Hall–Kier alpha value is -1.96. The lowest BCUT2D eigenvalue weighted by atomic mass is 10.1. The van der Waals surface area contributed by atoms with E-state index in [1.807, 2.05) is 19.1 Å². The van der Waals surface area contributed by atoms with Crippen molar-refractivity contribution in [2.24, 2.45) is 0 Å². The van der Waals surface area contributed by atoms with Gasteiger partial charge in [-0.25, -0.2) is 0 Å². The van der Waals surface area contributed by atoms with E-state index in [1.54, 1.807) is 0 Å². The summed E-state index contributed by atoms with van der Waals surface area (Å²) in [4.78, 5) is 0. The molecule has 1 N–H and O–H groups in total. The molecule has 0 bridgehead atoms. The third-order valence-electron chi connectivity index (χ3n) is 3.15. The fourth-order valence-corrected chi connectivity index (χ4v) is 2.11. The van der Waals surface area contributed by atoms with Gasteiger partial charge < -0.3 is 10.1 Å². The molecule has 0 saturated heterocycles. The van der Waals surface area contributed by atoms with Gasteiger partial charge in [0, 0.05) is 12.2 Å². The molecule has 19 heavy (non-hydrogen) atoms. The van der Waals surface area contributed by atoms with Gasteiger partial charge >= 0.3 is 0 Å². The van der Waals surface area contributed by atoms with Crippen molar-refractivity contribution >= 4 is 5.69 Å². The predicted molar refractivity (Wildman–Crippen MR) is 80.8 cm³/mol. The molecule has 2 aromatic rings. The first-order chi connectivity index (χ1) is 9.33. The van der Waals surface area contributed by atoms with E-state index in [9.17, 15) is 0 Å². The molecule has 0 fully saturated rings. The van der Waals surface area contributed by atoms with Crippen molar-refractivity contribution in [3.63, 3.8) is 0 Å². The molecular formula is C17H21NO. The standard InChI is InChI=1S/C17H21NO/c1-3-14-7-5-6-8-15(14)13-18-16-9-11-17(12-10-16)19-4-2/h5-12,18H,3-4,13H2,1-2H3. The lowest BCUT2D eigenvalue weighted by Gasteiger charge is -2.11. The highest BCUT2D eigenvalue weighted by Gasteiger charge is 2.00. The van der Waals surface area contributed by atoms with E-state index in [0.717, 1.165) is 24.4 Å². The molecule has 0 unspecified atom stereocenters. The fourth-order valence-electron chi connectivity index (χ4n) is 2.11. The minimum Gasteiger partial charge on any atom is -0.494 e. The van der Waals surface area contributed by atoms with Crippen LogP contribution in [-0.2, 0) is 13.0 Å². The highest BCUT2D eigenvalue weighted by atomic mass is 16.5. The van der Waals surface area contributed by atoms with Crippen molar-refractivity contribution in [2.45, 2.75) is 26.8 Å². The Morgan fingerprint density at radius 1 is 0.895 bits per heavy atom. The number of ether oxygens (including phenoxy) is 1. The Morgan fingerprint density at radius 2 is 1.58 bits per heavy atom. The van der Waals surface area contributed by atoms with Crippen LogP contribution in [0.3, 0.4) is 0 Å². The van der Waals surface area contributed by atoms with E-state index in [4.69, 9.17) is 4.74 Å². The maximum atomic E-state index is 5.43. The van der Waals surface area contributed by atoms with Gasteiger partial charge in [0.15, 0.2) is 0 Å². The number of anilines is 1. The van der Waals surface area contributed by atoms with E-state index < -0.39 is 0 Å². The first-order valence-corrected chi connectivity index (χ1v) is 6.87. The summed E-state index contributed by atoms with van der Waals surface area (Å²) in [6.07, 6.45) is 1.07. The fraction of sp³-hybridized carbons (Fsp3) is 0.294. The molecule has 2 heteroatoms. The molecule has 0 amide bonds. The van der Waals surface area contributed by atoms with E-state index in [-0.39, 0.29) is 0 Å². The summed E-state index contributed by atoms with van der Waals surface area (Å²) in [6.45, 7) is 5.75. The van der Waals surface area contributed by atoms with Crippen molar-refractivity contribution in [1.29, 1.82) is 0 Å². The smallest absolute Gasteiger partial charge is 0.119 e. The van der Waals surface area contributed by atoms with Gasteiger partial charge in [0.25, 0.3) is 0 Å². The van der Waals surface area contributed by atoms with Crippen molar-refractivity contribution in [3.8, 4) is 5.75 Å². The van der Waals surface area contributed by atoms with Crippen LogP contribution >= 0.6 is 0 Å². The zero-order valence-corrected chi connectivity index (χ0v) is 11.6. The van der Waals surface area contributed by atoms with Crippen molar-refractivity contribution in [2.75, 3.05) is 11.9 Å². The molecule has 0 aliphatic carbocycles. The summed E-state index contributed by atoms with van der Waals surface area (Å²) < 4.78 is 5.43. The van der Waals surface area contributed by atoms with Crippen LogP contribution in [0.15, 0.2) is 48.5 Å². The second-order valence-corrected chi connectivity index (χ2v) is 4.43. The molecule has 0 atom stereocenters. The SMILES string of the molecule is CCOc1ccc(NCc2ccccc2CC)cc1. The summed E-state index contributed by atoms with van der Waals surface area (Å²) in [6, 6.07) is 16.7.